The van der Waals surface area contributed by atoms with Gasteiger partial charge in [0.05, 0.1) is 11.8 Å². The molecular formula is C13H18FNOS. The molecule has 1 saturated heterocycles. The third-order valence-corrected chi connectivity index (χ3v) is 4.42. The Bertz CT molecular complexity index is 361. The maximum absolute atomic E-state index is 13.3. The lowest BCUT2D eigenvalue weighted by Gasteiger charge is -2.14. The monoisotopic (exact) mass is 255 g/mol. The van der Waals surface area contributed by atoms with Crippen molar-refractivity contribution in [3.05, 3.63) is 30.1 Å². The molecule has 0 saturated carbocycles. The Morgan fingerprint density at radius 2 is 2.29 bits per heavy atom. The van der Waals surface area contributed by atoms with Crippen molar-refractivity contribution < 1.29 is 9.13 Å². The summed E-state index contributed by atoms with van der Waals surface area (Å²) in [5, 5.41) is 3.71. The van der Waals surface area contributed by atoms with Crippen LogP contribution in [0.3, 0.4) is 0 Å². The molecule has 1 N–H and O–H groups in total. The summed E-state index contributed by atoms with van der Waals surface area (Å²) in [6.45, 7) is 3.78. The second-order valence-electron chi connectivity index (χ2n) is 4.18. The van der Waals surface area contributed by atoms with E-state index in [1.165, 1.54) is 6.07 Å². The summed E-state index contributed by atoms with van der Waals surface area (Å²) in [4.78, 5) is 0. The number of benzene rings is 1. The molecular weight excluding hydrogens is 237 g/mol. The molecule has 1 heterocycles. The first kappa shape index (κ1) is 12.7. The van der Waals surface area contributed by atoms with Gasteiger partial charge in [-0.05, 0) is 25.5 Å². The van der Waals surface area contributed by atoms with Crippen molar-refractivity contribution in [2.75, 3.05) is 24.2 Å². The van der Waals surface area contributed by atoms with E-state index in [1.54, 1.807) is 12.1 Å². The minimum atomic E-state index is -0.185. The van der Waals surface area contributed by atoms with Crippen LogP contribution in [0.2, 0.25) is 0 Å². The normalized spacial score (nSPS) is 23.9. The minimum Gasteiger partial charge on any atom is -0.382 e. The van der Waals surface area contributed by atoms with Crippen molar-refractivity contribution in [1.29, 1.82) is 0 Å². The van der Waals surface area contributed by atoms with Crippen molar-refractivity contribution in [2.45, 2.75) is 24.7 Å². The lowest BCUT2D eigenvalue weighted by atomic mass is 10.3. The fourth-order valence-corrected chi connectivity index (χ4v) is 3.07. The molecule has 2 atom stereocenters. The molecule has 0 amide bonds. The van der Waals surface area contributed by atoms with Gasteiger partial charge >= 0.3 is 0 Å². The van der Waals surface area contributed by atoms with Gasteiger partial charge in [0.2, 0.25) is 0 Å². The highest BCUT2D eigenvalue weighted by Crippen LogP contribution is 2.26. The SMILES string of the molecule is CC1OCCC1SCCNc1ccccc1F. The van der Waals surface area contributed by atoms with Gasteiger partial charge in [0.1, 0.15) is 5.82 Å². The summed E-state index contributed by atoms with van der Waals surface area (Å²) in [7, 11) is 0. The van der Waals surface area contributed by atoms with Gasteiger partial charge in [-0.2, -0.15) is 11.8 Å². The summed E-state index contributed by atoms with van der Waals surface area (Å²) < 4.78 is 18.8. The molecule has 0 bridgehead atoms. The standard InChI is InChI=1S/C13H18FNOS/c1-10-13(6-8-16-10)17-9-7-15-12-5-3-2-4-11(12)14/h2-5,10,13,15H,6-9H2,1H3. The van der Waals surface area contributed by atoms with Gasteiger partial charge in [-0.25, -0.2) is 4.39 Å². The molecule has 4 heteroatoms. The number of nitrogens with one attached hydrogen (secondary N) is 1. The van der Waals surface area contributed by atoms with Crippen LogP contribution in [0.4, 0.5) is 10.1 Å². The zero-order valence-electron chi connectivity index (χ0n) is 9.99. The van der Waals surface area contributed by atoms with Crippen molar-refractivity contribution >= 4 is 17.4 Å². The van der Waals surface area contributed by atoms with Gasteiger partial charge in [-0.3, -0.25) is 0 Å². The summed E-state index contributed by atoms with van der Waals surface area (Å²) >= 11 is 1.91. The predicted molar refractivity (Wildman–Crippen MR) is 71.2 cm³/mol. The van der Waals surface area contributed by atoms with Crippen molar-refractivity contribution in [3.63, 3.8) is 0 Å². The molecule has 1 aliphatic heterocycles. The number of hydrogen-bond acceptors (Lipinski definition) is 3. The molecule has 94 valence electrons. The Kier molecular flexibility index (Phi) is 4.68. The second-order valence-corrected chi connectivity index (χ2v) is 5.53. The molecule has 2 nitrogen and oxygen atoms in total. The first-order valence-electron chi connectivity index (χ1n) is 5.99. The predicted octanol–water partition coefficient (Wildman–Crippen LogP) is 3.15. The van der Waals surface area contributed by atoms with E-state index >= 15 is 0 Å². The van der Waals surface area contributed by atoms with E-state index < -0.39 is 0 Å². The fraction of sp³-hybridized carbons (Fsp3) is 0.538. The average Bonchev–Trinajstić information content (AvgIpc) is 2.73. The summed E-state index contributed by atoms with van der Waals surface area (Å²) in [5.41, 5.74) is 0.587. The Hall–Kier alpha value is -0.740. The molecule has 0 spiro atoms. The zero-order valence-corrected chi connectivity index (χ0v) is 10.8. The summed E-state index contributed by atoms with van der Waals surface area (Å²) in [6.07, 6.45) is 1.49. The quantitative estimate of drug-likeness (QED) is 0.817. The van der Waals surface area contributed by atoms with Crippen LogP contribution in [0, 0.1) is 5.82 Å². The number of halogens is 1. The van der Waals surface area contributed by atoms with Crippen molar-refractivity contribution in [2.24, 2.45) is 0 Å². The van der Waals surface area contributed by atoms with Crippen molar-refractivity contribution in [3.8, 4) is 0 Å². The third kappa shape index (κ3) is 3.61. The molecule has 1 fully saturated rings. The summed E-state index contributed by atoms with van der Waals surface area (Å²) in [5.74, 6) is 0.794. The number of para-hydroxylation sites is 1. The van der Waals surface area contributed by atoms with Crippen LogP contribution in [-0.2, 0) is 4.74 Å². The number of hydrogen-bond donors (Lipinski definition) is 1. The van der Waals surface area contributed by atoms with E-state index in [2.05, 4.69) is 12.2 Å². The minimum absolute atomic E-state index is 0.185. The van der Waals surface area contributed by atoms with Gasteiger partial charge in [0.15, 0.2) is 0 Å². The van der Waals surface area contributed by atoms with Crippen LogP contribution in [0.1, 0.15) is 13.3 Å². The van der Waals surface area contributed by atoms with Crippen LogP contribution in [0.25, 0.3) is 0 Å². The third-order valence-electron chi connectivity index (χ3n) is 2.93. The lowest BCUT2D eigenvalue weighted by molar-refractivity contribution is 0.127. The van der Waals surface area contributed by atoms with E-state index in [4.69, 9.17) is 4.74 Å². The van der Waals surface area contributed by atoms with Crippen LogP contribution in [-0.4, -0.2) is 30.3 Å². The number of anilines is 1. The topological polar surface area (TPSA) is 21.3 Å². The highest BCUT2D eigenvalue weighted by atomic mass is 32.2. The van der Waals surface area contributed by atoms with E-state index in [1.807, 2.05) is 17.8 Å². The molecule has 17 heavy (non-hydrogen) atoms. The fourth-order valence-electron chi connectivity index (χ4n) is 1.93. The molecule has 0 radical (unpaired) electrons. The first-order valence-corrected chi connectivity index (χ1v) is 7.04. The number of ether oxygens (including phenoxy) is 1. The Labute approximate surface area is 106 Å². The molecule has 1 aliphatic rings. The van der Waals surface area contributed by atoms with Crippen LogP contribution < -0.4 is 5.32 Å². The Morgan fingerprint density at radius 1 is 1.47 bits per heavy atom. The van der Waals surface area contributed by atoms with E-state index in [0.29, 0.717) is 17.0 Å². The Morgan fingerprint density at radius 3 is 3.00 bits per heavy atom. The molecule has 1 aromatic carbocycles. The molecule has 0 aliphatic carbocycles. The van der Waals surface area contributed by atoms with Gasteiger partial charge < -0.3 is 10.1 Å². The van der Waals surface area contributed by atoms with E-state index in [-0.39, 0.29) is 5.82 Å². The maximum atomic E-state index is 13.3. The molecule has 2 unspecified atom stereocenters. The van der Waals surface area contributed by atoms with Gasteiger partial charge in [-0.15, -0.1) is 0 Å². The average molecular weight is 255 g/mol. The largest absolute Gasteiger partial charge is 0.382 e. The van der Waals surface area contributed by atoms with Crippen LogP contribution >= 0.6 is 11.8 Å². The molecule has 1 aromatic rings. The highest BCUT2D eigenvalue weighted by Gasteiger charge is 2.23. The summed E-state index contributed by atoms with van der Waals surface area (Å²) in [6, 6.07) is 6.78. The van der Waals surface area contributed by atoms with E-state index in [0.717, 1.165) is 25.3 Å². The zero-order chi connectivity index (χ0) is 12.1. The maximum Gasteiger partial charge on any atom is 0.146 e. The van der Waals surface area contributed by atoms with E-state index in [9.17, 15) is 4.39 Å². The van der Waals surface area contributed by atoms with Crippen LogP contribution in [0.15, 0.2) is 24.3 Å². The number of rotatable bonds is 5. The second kappa shape index (κ2) is 6.26. The molecule has 2 rings (SSSR count). The smallest absolute Gasteiger partial charge is 0.146 e. The highest BCUT2D eigenvalue weighted by molar-refractivity contribution is 8.00. The molecule has 0 aromatic heterocycles. The van der Waals surface area contributed by atoms with Crippen molar-refractivity contribution in [1.82, 2.24) is 0 Å². The van der Waals surface area contributed by atoms with Crippen LogP contribution in [0.5, 0.6) is 0 Å². The first-order chi connectivity index (χ1) is 8.27. The number of thioether (sulfide) groups is 1. The van der Waals surface area contributed by atoms with Gasteiger partial charge in [-0.1, -0.05) is 12.1 Å². The van der Waals surface area contributed by atoms with Gasteiger partial charge in [0.25, 0.3) is 0 Å². The lowest BCUT2D eigenvalue weighted by Crippen LogP contribution is -2.16. The van der Waals surface area contributed by atoms with Gasteiger partial charge in [0, 0.05) is 24.2 Å². The Balaban J connectivity index is 1.68.